The molecule has 0 radical (unpaired) electrons. The Balaban J connectivity index is 2.17. The lowest BCUT2D eigenvalue weighted by molar-refractivity contribution is 0.330. The average Bonchev–Trinajstić information content (AvgIpc) is 2.53. The first-order valence-electron chi connectivity index (χ1n) is 7.39. The molecule has 2 aromatic rings. The van der Waals surface area contributed by atoms with E-state index < -0.39 is 0 Å². The summed E-state index contributed by atoms with van der Waals surface area (Å²) in [5.74, 6) is 0.772. The third-order valence-electron chi connectivity index (χ3n) is 4.49. The van der Waals surface area contributed by atoms with Gasteiger partial charge in [-0.3, -0.25) is 0 Å². The van der Waals surface area contributed by atoms with Gasteiger partial charge in [-0.25, -0.2) is 9.97 Å². The van der Waals surface area contributed by atoms with Gasteiger partial charge in [0.25, 0.3) is 0 Å². The monoisotopic (exact) mass is 320 g/mol. The molecule has 0 saturated heterocycles. The molecule has 21 heavy (non-hydrogen) atoms. The third-order valence-corrected chi connectivity index (χ3v) is 5.22. The van der Waals surface area contributed by atoms with Crippen LogP contribution in [0.25, 0.3) is 0 Å². The zero-order valence-electron chi connectivity index (χ0n) is 12.1. The molecule has 0 spiro atoms. The molecular formula is C17H18Cl2N2. The first-order valence-corrected chi connectivity index (χ1v) is 8.15. The second kappa shape index (κ2) is 5.94. The van der Waals surface area contributed by atoms with Gasteiger partial charge in [-0.15, -0.1) is 0 Å². The van der Waals surface area contributed by atoms with Crippen LogP contribution in [0.15, 0.2) is 30.3 Å². The van der Waals surface area contributed by atoms with Crippen molar-refractivity contribution in [2.24, 2.45) is 0 Å². The van der Waals surface area contributed by atoms with Crippen molar-refractivity contribution < 1.29 is 0 Å². The smallest absolute Gasteiger partial charge is 0.142 e. The Bertz CT molecular complexity index is 611. The van der Waals surface area contributed by atoms with Crippen LogP contribution in [0.1, 0.15) is 49.1 Å². The first-order chi connectivity index (χ1) is 10.1. The number of hydrogen-bond donors (Lipinski definition) is 0. The molecule has 1 aromatic carbocycles. The topological polar surface area (TPSA) is 25.8 Å². The van der Waals surface area contributed by atoms with Crippen molar-refractivity contribution in [3.8, 4) is 0 Å². The van der Waals surface area contributed by atoms with Gasteiger partial charge in [0.2, 0.25) is 0 Å². The molecule has 1 heterocycles. The lowest BCUT2D eigenvalue weighted by Gasteiger charge is -2.36. The molecule has 0 aliphatic heterocycles. The van der Waals surface area contributed by atoms with Crippen LogP contribution in [0, 0.1) is 6.92 Å². The minimum Gasteiger partial charge on any atom is -0.220 e. The zero-order chi connectivity index (χ0) is 14.9. The maximum absolute atomic E-state index is 6.25. The van der Waals surface area contributed by atoms with Crippen LogP contribution < -0.4 is 0 Å². The zero-order valence-corrected chi connectivity index (χ0v) is 13.6. The number of nitrogens with zero attached hydrogens (tertiary/aromatic N) is 2. The number of halogens is 2. The van der Waals surface area contributed by atoms with E-state index in [1.165, 1.54) is 24.8 Å². The highest BCUT2D eigenvalue weighted by atomic mass is 35.5. The summed E-state index contributed by atoms with van der Waals surface area (Å²) < 4.78 is 0. The van der Waals surface area contributed by atoms with E-state index in [1.807, 2.05) is 13.0 Å². The Hall–Kier alpha value is -1.12. The Labute approximate surface area is 135 Å². The molecule has 1 aliphatic rings. The number of hydrogen-bond acceptors (Lipinski definition) is 2. The summed E-state index contributed by atoms with van der Waals surface area (Å²) in [5, 5.41) is 0.928. The van der Waals surface area contributed by atoms with E-state index in [-0.39, 0.29) is 5.41 Å². The molecule has 0 unspecified atom stereocenters. The minimum atomic E-state index is -0.152. The van der Waals surface area contributed by atoms with Gasteiger partial charge in [-0.1, -0.05) is 72.8 Å². The van der Waals surface area contributed by atoms with Gasteiger partial charge in [0, 0.05) is 5.56 Å². The third kappa shape index (κ3) is 2.67. The minimum absolute atomic E-state index is 0.152. The number of rotatable bonds is 2. The van der Waals surface area contributed by atoms with E-state index in [0.29, 0.717) is 10.3 Å². The molecule has 1 fully saturated rings. The van der Waals surface area contributed by atoms with E-state index in [2.05, 4.69) is 34.2 Å². The van der Waals surface area contributed by atoms with E-state index >= 15 is 0 Å². The average molecular weight is 321 g/mol. The highest BCUT2D eigenvalue weighted by molar-refractivity contribution is 6.34. The lowest BCUT2D eigenvalue weighted by atomic mass is 9.69. The summed E-state index contributed by atoms with van der Waals surface area (Å²) in [5.41, 5.74) is 1.86. The predicted octanol–water partition coefficient (Wildman–Crippen LogP) is 5.34. The van der Waals surface area contributed by atoms with Crippen LogP contribution in [0.2, 0.25) is 10.3 Å². The Morgan fingerprint density at radius 3 is 2.05 bits per heavy atom. The molecule has 3 rings (SSSR count). The van der Waals surface area contributed by atoms with Gasteiger partial charge in [0.05, 0.1) is 5.41 Å². The summed E-state index contributed by atoms with van der Waals surface area (Å²) in [6, 6.07) is 10.5. The fourth-order valence-corrected chi connectivity index (χ4v) is 3.62. The van der Waals surface area contributed by atoms with Crippen molar-refractivity contribution in [1.82, 2.24) is 9.97 Å². The Kier molecular flexibility index (Phi) is 4.19. The molecule has 0 atom stereocenters. The molecule has 1 aliphatic carbocycles. The van der Waals surface area contributed by atoms with Gasteiger partial charge in [0.1, 0.15) is 16.1 Å². The highest BCUT2D eigenvalue weighted by Gasteiger charge is 2.39. The Morgan fingerprint density at radius 1 is 0.905 bits per heavy atom. The maximum Gasteiger partial charge on any atom is 0.142 e. The molecule has 2 nitrogen and oxygen atoms in total. The fourth-order valence-electron chi connectivity index (χ4n) is 3.23. The SMILES string of the molecule is Cc1c(Cl)nc(C2(c3ccccc3)CCCCC2)nc1Cl. The lowest BCUT2D eigenvalue weighted by Crippen LogP contribution is -2.33. The molecule has 0 bridgehead atoms. The second-order valence-electron chi connectivity index (χ2n) is 5.76. The molecule has 1 saturated carbocycles. The van der Waals surface area contributed by atoms with Crippen LogP contribution in [0.5, 0.6) is 0 Å². The highest BCUT2D eigenvalue weighted by Crippen LogP contribution is 2.44. The number of benzene rings is 1. The van der Waals surface area contributed by atoms with Crippen molar-refractivity contribution in [2.45, 2.75) is 44.4 Å². The van der Waals surface area contributed by atoms with Gasteiger partial charge in [0.15, 0.2) is 0 Å². The first kappa shape index (κ1) is 14.8. The largest absolute Gasteiger partial charge is 0.220 e. The predicted molar refractivity (Wildman–Crippen MR) is 87.1 cm³/mol. The molecule has 1 aromatic heterocycles. The second-order valence-corrected chi connectivity index (χ2v) is 6.48. The molecule has 0 N–H and O–H groups in total. The van der Waals surface area contributed by atoms with E-state index in [4.69, 9.17) is 23.2 Å². The molecule has 4 heteroatoms. The van der Waals surface area contributed by atoms with Crippen LogP contribution >= 0.6 is 23.2 Å². The summed E-state index contributed by atoms with van der Waals surface area (Å²) in [6.45, 7) is 1.85. The summed E-state index contributed by atoms with van der Waals surface area (Å²) >= 11 is 12.5. The maximum atomic E-state index is 6.25. The van der Waals surface area contributed by atoms with E-state index in [1.54, 1.807) is 0 Å². The van der Waals surface area contributed by atoms with Crippen LogP contribution in [-0.2, 0) is 5.41 Å². The van der Waals surface area contributed by atoms with Gasteiger partial charge < -0.3 is 0 Å². The molecule has 110 valence electrons. The standard InChI is InChI=1S/C17H18Cl2N2/c1-12-14(18)20-16(21-15(12)19)17(10-6-3-7-11-17)13-8-4-2-5-9-13/h2,4-5,8-9H,3,6-7,10-11H2,1H3. The Morgan fingerprint density at radius 2 is 1.48 bits per heavy atom. The van der Waals surface area contributed by atoms with Crippen molar-refractivity contribution in [2.75, 3.05) is 0 Å². The van der Waals surface area contributed by atoms with Crippen molar-refractivity contribution in [1.29, 1.82) is 0 Å². The molecule has 0 amide bonds. The normalized spacial score (nSPS) is 17.7. The van der Waals surface area contributed by atoms with Crippen LogP contribution in [0.3, 0.4) is 0 Å². The van der Waals surface area contributed by atoms with Crippen LogP contribution in [-0.4, -0.2) is 9.97 Å². The van der Waals surface area contributed by atoms with Crippen molar-refractivity contribution in [3.63, 3.8) is 0 Å². The van der Waals surface area contributed by atoms with Gasteiger partial charge >= 0.3 is 0 Å². The van der Waals surface area contributed by atoms with E-state index in [9.17, 15) is 0 Å². The van der Waals surface area contributed by atoms with E-state index in [0.717, 1.165) is 24.2 Å². The fraction of sp³-hybridized carbons (Fsp3) is 0.412. The summed E-state index contributed by atoms with van der Waals surface area (Å²) in [4.78, 5) is 9.15. The van der Waals surface area contributed by atoms with Crippen molar-refractivity contribution >= 4 is 23.2 Å². The van der Waals surface area contributed by atoms with Gasteiger partial charge in [-0.05, 0) is 25.3 Å². The summed E-state index contributed by atoms with van der Waals surface area (Å²) in [6.07, 6.45) is 5.73. The number of aromatic nitrogens is 2. The quantitative estimate of drug-likeness (QED) is 0.698. The van der Waals surface area contributed by atoms with Crippen molar-refractivity contribution in [3.05, 3.63) is 57.6 Å². The molecular weight excluding hydrogens is 303 g/mol. The van der Waals surface area contributed by atoms with Crippen LogP contribution in [0.4, 0.5) is 0 Å². The summed E-state index contributed by atoms with van der Waals surface area (Å²) in [7, 11) is 0. The van der Waals surface area contributed by atoms with Gasteiger partial charge in [-0.2, -0.15) is 0 Å².